The SMILES string of the molecule is CCCCCCCCCCCCCC(=O)Oc1cccc2[nH]cc(CCN(C(C)C)C(C)C)c12. The van der Waals surface area contributed by atoms with E-state index in [9.17, 15) is 4.79 Å². The monoisotopic (exact) mass is 470 g/mol. The number of unbranched alkanes of at least 4 members (excludes halogenated alkanes) is 10. The molecule has 0 aliphatic heterocycles. The van der Waals surface area contributed by atoms with Gasteiger partial charge in [0.2, 0.25) is 0 Å². The summed E-state index contributed by atoms with van der Waals surface area (Å²) in [4.78, 5) is 18.4. The number of rotatable bonds is 18. The average Bonchev–Trinajstić information content (AvgIpc) is 3.21. The lowest BCUT2D eigenvalue weighted by molar-refractivity contribution is -0.134. The summed E-state index contributed by atoms with van der Waals surface area (Å²) in [6.45, 7) is 12.2. The molecule has 0 saturated carbocycles. The zero-order chi connectivity index (χ0) is 24.8. The van der Waals surface area contributed by atoms with Gasteiger partial charge in [0.15, 0.2) is 0 Å². The summed E-state index contributed by atoms with van der Waals surface area (Å²) in [5.41, 5.74) is 2.26. The quantitative estimate of drug-likeness (QED) is 0.135. The fraction of sp³-hybridized carbons (Fsp3) is 0.700. The molecule has 2 rings (SSSR count). The second-order valence-electron chi connectivity index (χ2n) is 10.4. The fourth-order valence-corrected chi connectivity index (χ4v) is 4.97. The molecule has 1 N–H and O–H groups in total. The minimum absolute atomic E-state index is 0.110. The molecule has 0 saturated heterocycles. The van der Waals surface area contributed by atoms with Crippen LogP contribution < -0.4 is 4.74 Å². The highest BCUT2D eigenvalue weighted by molar-refractivity contribution is 5.91. The maximum atomic E-state index is 12.6. The lowest BCUT2D eigenvalue weighted by atomic mass is 10.1. The third-order valence-corrected chi connectivity index (χ3v) is 6.92. The second kappa shape index (κ2) is 16.0. The van der Waals surface area contributed by atoms with Crippen LogP contribution in [0.4, 0.5) is 0 Å². The van der Waals surface area contributed by atoms with Gasteiger partial charge in [-0.15, -0.1) is 0 Å². The van der Waals surface area contributed by atoms with Crippen molar-refractivity contribution in [3.05, 3.63) is 30.0 Å². The van der Waals surface area contributed by atoms with E-state index in [1.54, 1.807) is 0 Å². The first-order valence-corrected chi connectivity index (χ1v) is 14.0. The molecule has 0 amide bonds. The van der Waals surface area contributed by atoms with E-state index in [1.165, 1.54) is 63.4 Å². The fourth-order valence-electron chi connectivity index (χ4n) is 4.97. The Labute approximate surface area is 208 Å². The van der Waals surface area contributed by atoms with Crippen molar-refractivity contribution in [1.29, 1.82) is 0 Å². The number of H-pyrrole nitrogens is 1. The van der Waals surface area contributed by atoms with E-state index in [4.69, 9.17) is 4.74 Å². The van der Waals surface area contributed by atoms with Crippen molar-refractivity contribution < 1.29 is 9.53 Å². The van der Waals surface area contributed by atoms with E-state index in [0.29, 0.717) is 24.3 Å². The Morgan fingerprint density at radius 1 is 0.882 bits per heavy atom. The molecule has 0 spiro atoms. The van der Waals surface area contributed by atoms with E-state index in [1.807, 2.05) is 12.1 Å². The van der Waals surface area contributed by atoms with Gasteiger partial charge in [0.05, 0.1) is 0 Å². The number of benzene rings is 1. The van der Waals surface area contributed by atoms with Crippen LogP contribution in [0.15, 0.2) is 24.4 Å². The Hall–Kier alpha value is -1.81. The highest BCUT2D eigenvalue weighted by atomic mass is 16.5. The molecule has 0 aliphatic rings. The van der Waals surface area contributed by atoms with Crippen molar-refractivity contribution in [3.63, 3.8) is 0 Å². The highest BCUT2D eigenvalue weighted by Gasteiger charge is 2.17. The van der Waals surface area contributed by atoms with Crippen LogP contribution in [0, 0.1) is 0 Å². The predicted octanol–water partition coefficient (Wildman–Crippen LogP) is 8.44. The van der Waals surface area contributed by atoms with Gasteiger partial charge in [-0.05, 0) is 58.2 Å². The third kappa shape index (κ3) is 9.82. The van der Waals surface area contributed by atoms with Crippen LogP contribution in [0.1, 0.15) is 117 Å². The zero-order valence-electron chi connectivity index (χ0n) is 22.6. The molecule has 4 heteroatoms. The maximum absolute atomic E-state index is 12.6. The first-order chi connectivity index (χ1) is 16.4. The standard InChI is InChI=1S/C30H50N2O2/c1-6-7-8-9-10-11-12-13-14-15-16-20-29(33)34-28-19-17-18-27-30(28)26(23-31-27)21-22-32(24(2)3)25(4)5/h17-19,23-25,31H,6-16,20-22H2,1-5H3. The molecular weight excluding hydrogens is 420 g/mol. The zero-order valence-corrected chi connectivity index (χ0v) is 22.6. The Morgan fingerprint density at radius 3 is 2.06 bits per heavy atom. The van der Waals surface area contributed by atoms with Crippen LogP contribution in [0.5, 0.6) is 5.75 Å². The van der Waals surface area contributed by atoms with Crippen molar-refractivity contribution >= 4 is 16.9 Å². The number of hydrogen-bond donors (Lipinski definition) is 1. The first kappa shape index (κ1) is 28.4. The molecule has 0 unspecified atom stereocenters. The molecule has 1 heterocycles. The van der Waals surface area contributed by atoms with Crippen molar-refractivity contribution in [3.8, 4) is 5.75 Å². The number of ether oxygens (including phenoxy) is 1. The summed E-state index contributed by atoms with van der Waals surface area (Å²) < 4.78 is 5.85. The van der Waals surface area contributed by atoms with Gasteiger partial charge in [0.25, 0.3) is 0 Å². The smallest absolute Gasteiger partial charge is 0.311 e. The molecular formula is C30H50N2O2. The third-order valence-electron chi connectivity index (χ3n) is 6.92. The van der Waals surface area contributed by atoms with Crippen molar-refractivity contribution in [2.75, 3.05) is 6.54 Å². The molecule has 0 aliphatic carbocycles. The summed E-state index contributed by atoms with van der Waals surface area (Å²) in [6.07, 6.45) is 17.6. The molecule has 0 bridgehead atoms. The van der Waals surface area contributed by atoms with Crippen molar-refractivity contribution in [2.24, 2.45) is 0 Å². The number of aromatic nitrogens is 1. The van der Waals surface area contributed by atoms with Crippen molar-refractivity contribution in [2.45, 2.75) is 130 Å². The number of carbonyl (C=O) groups excluding carboxylic acids is 1. The van der Waals surface area contributed by atoms with E-state index in [-0.39, 0.29) is 5.97 Å². The molecule has 192 valence electrons. The van der Waals surface area contributed by atoms with E-state index in [0.717, 1.165) is 36.7 Å². The van der Waals surface area contributed by atoms with E-state index < -0.39 is 0 Å². The molecule has 0 radical (unpaired) electrons. The average molecular weight is 471 g/mol. The van der Waals surface area contributed by atoms with Gasteiger partial charge >= 0.3 is 5.97 Å². The minimum atomic E-state index is -0.110. The predicted molar refractivity (Wildman–Crippen MR) is 146 cm³/mol. The van der Waals surface area contributed by atoms with Crippen LogP contribution in [-0.4, -0.2) is 34.5 Å². The molecule has 34 heavy (non-hydrogen) atoms. The Balaban J connectivity index is 1.76. The summed E-state index contributed by atoms with van der Waals surface area (Å²) in [5.74, 6) is 0.587. The molecule has 2 aromatic rings. The number of nitrogens with zero attached hydrogens (tertiary/aromatic N) is 1. The number of aromatic amines is 1. The van der Waals surface area contributed by atoms with Gasteiger partial charge in [-0.3, -0.25) is 9.69 Å². The van der Waals surface area contributed by atoms with Crippen LogP contribution in [-0.2, 0) is 11.2 Å². The topological polar surface area (TPSA) is 45.3 Å². The lowest BCUT2D eigenvalue weighted by Gasteiger charge is -2.30. The second-order valence-corrected chi connectivity index (χ2v) is 10.4. The summed E-state index contributed by atoms with van der Waals surface area (Å²) in [6, 6.07) is 6.97. The van der Waals surface area contributed by atoms with Crippen LogP contribution in [0.25, 0.3) is 10.9 Å². The number of esters is 1. The lowest BCUT2D eigenvalue weighted by Crippen LogP contribution is -2.38. The number of hydrogen-bond acceptors (Lipinski definition) is 3. The highest BCUT2D eigenvalue weighted by Crippen LogP contribution is 2.30. The van der Waals surface area contributed by atoms with Crippen LogP contribution in [0.2, 0.25) is 0 Å². The first-order valence-electron chi connectivity index (χ1n) is 14.0. The summed E-state index contributed by atoms with van der Waals surface area (Å²) in [7, 11) is 0. The Morgan fingerprint density at radius 2 is 1.47 bits per heavy atom. The molecule has 1 aromatic carbocycles. The Bertz CT molecular complexity index is 816. The van der Waals surface area contributed by atoms with E-state index in [2.05, 4.69) is 56.8 Å². The largest absolute Gasteiger partial charge is 0.426 e. The summed E-state index contributed by atoms with van der Waals surface area (Å²) in [5, 5.41) is 1.06. The molecule has 4 nitrogen and oxygen atoms in total. The summed E-state index contributed by atoms with van der Waals surface area (Å²) >= 11 is 0. The van der Waals surface area contributed by atoms with Gasteiger partial charge < -0.3 is 9.72 Å². The molecule has 0 atom stereocenters. The van der Waals surface area contributed by atoms with Crippen LogP contribution in [0.3, 0.4) is 0 Å². The Kier molecular flexibility index (Phi) is 13.4. The molecule has 0 fully saturated rings. The molecule has 1 aromatic heterocycles. The van der Waals surface area contributed by atoms with Gasteiger partial charge in [0, 0.05) is 42.1 Å². The van der Waals surface area contributed by atoms with Gasteiger partial charge in [-0.2, -0.15) is 0 Å². The van der Waals surface area contributed by atoms with Crippen molar-refractivity contribution in [1.82, 2.24) is 9.88 Å². The number of carbonyl (C=O) groups is 1. The van der Waals surface area contributed by atoms with E-state index >= 15 is 0 Å². The normalized spacial score (nSPS) is 11.9. The number of nitrogens with one attached hydrogen (secondary N) is 1. The number of fused-ring (bicyclic) bond motifs is 1. The van der Waals surface area contributed by atoms with Gasteiger partial charge in [0.1, 0.15) is 5.75 Å². The van der Waals surface area contributed by atoms with Gasteiger partial charge in [-0.25, -0.2) is 0 Å². The maximum Gasteiger partial charge on any atom is 0.311 e. The van der Waals surface area contributed by atoms with Crippen LogP contribution >= 0.6 is 0 Å². The minimum Gasteiger partial charge on any atom is -0.426 e. The van der Waals surface area contributed by atoms with Gasteiger partial charge in [-0.1, -0.05) is 77.2 Å².